The lowest BCUT2D eigenvalue weighted by atomic mass is 9.47. The lowest BCUT2D eigenvalue weighted by Crippen LogP contribution is -2.49. The Balaban J connectivity index is 1.45. The maximum absolute atomic E-state index is 11.1. The van der Waals surface area contributed by atoms with E-state index in [-0.39, 0.29) is 12.0 Å². The van der Waals surface area contributed by atoms with Crippen LogP contribution in [0.5, 0.6) is 0 Å². The first-order chi connectivity index (χ1) is 14.2. The van der Waals surface area contributed by atoms with Gasteiger partial charge in [0, 0.05) is 0 Å². The smallest absolute Gasteiger partial charge is 0.306 e. The van der Waals surface area contributed by atoms with E-state index in [1.54, 1.807) is 5.57 Å². The number of hydrogen-bond acceptors (Lipinski definition) is 2. The Bertz CT molecular complexity index is 684. The molecule has 3 saturated carbocycles. The highest BCUT2D eigenvalue weighted by Crippen LogP contribution is 2.66. The van der Waals surface area contributed by atoms with Crippen LogP contribution in [0, 0.1) is 46.3 Å². The van der Waals surface area contributed by atoms with Gasteiger partial charge in [-0.3, -0.25) is 4.79 Å². The Morgan fingerprint density at radius 2 is 1.77 bits per heavy atom. The van der Waals surface area contributed by atoms with Gasteiger partial charge in [0.25, 0.3) is 0 Å². The number of carboxylic acids is 1. The summed E-state index contributed by atoms with van der Waals surface area (Å²) >= 11 is 0. The second-order valence-corrected chi connectivity index (χ2v) is 12.1. The molecule has 9 unspecified atom stereocenters. The molecule has 0 spiro atoms. The zero-order chi connectivity index (χ0) is 21.7. The monoisotopic (exact) mass is 416 g/mol. The van der Waals surface area contributed by atoms with E-state index in [1.807, 2.05) is 6.92 Å². The van der Waals surface area contributed by atoms with Crippen molar-refractivity contribution < 1.29 is 15.0 Å². The van der Waals surface area contributed by atoms with Crippen molar-refractivity contribution in [2.45, 2.75) is 104 Å². The third-order valence-electron chi connectivity index (χ3n) is 10.5. The first-order valence-corrected chi connectivity index (χ1v) is 12.8. The Hall–Kier alpha value is -0.830. The van der Waals surface area contributed by atoms with Crippen molar-refractivity contribution in [3.8, 4) is 0 Å². The first kappa shape index (κ1) is 22.4. The number of aliphatic carboxylic acids is 1. The van der Waals surface area contributed by atoms with Crippen LogP contribution in [0.15, 0.2) is 11.6 Å². The number of carboxylic acid groups (broad SMARTS) is 1. The zero-order valence-corrected chi connectivity index (χ0v) is 19.7. The molecule has 0 heterocycles. The van der Waals surface area contributed by atoms with E-state index >= 15 is 0 Å². The van der Waals surface area contributed by atoms with Crippen LogP contribution in [-0.2, 0) is 4.79 Å². The molecule has 4 aliphatic rings. The molecule has 0 radical (unpaired) electrons. The molecule has 4 rings (SSSR count). The van der Waals surface area contributed by atoms with Gasteiger partial charge in [0.1, 0.15) is 0 Å². The van der Waals surface area contributed by atoms with E-state index < -0.39 is 5.97 Å². The molecular formula is C27H44O3. The van der Waals surface area contributed by atoms with E-state index in [0.29, 0.717) is 22.7 Å². The molecule has 3 fully saturated rings. The van der Waals surface area contributed by atoms with E-state index in [2.05, 4.69) is 26.8 Å². The molecular weight excluding hydrogens is 372 g/mol. The molecule has 0 aliphatic heterocycles. The summed E-state index contributed by atoms with van der Waals surface area (Å²) in [5.41, 5.74) is 2.63. The molecule has 0 aromatic carbocycles. The van der Waals surface area contributed by atoms with E-state index in [9.17, 15) is 9.90 Å². The highest BCUT2D eigenvalue weighted by atomic mass is 16.4. The average Bonchev–Trinajstić information content (AvgIpc) is 3.05. The van der Waals surface area contributed by atoms with Gasteiger partial charge in [0.05, 0.1) is 12.0 Å². The molecule has 3 heteroatoms. The highest BCUT2D eigenvalue weighted by Gasteiger charge is 2.58. The summed E-state index contributed by atoms with van der Waals surface area (Å²) in [5.74, 6) is 2.78. The second-order valence-electron chi connectivity index (χ2n) is 12.1. The Morgan fingerprint density at radius 1 is 1.07 bits per heavy atom. The third kappa shape index (κ3) is 3.67. The van der Waals surface area contributed by atoms with Crippen LogP contribution in [0.25, 0.3) is 0 Å². The number of hydrogen-bond donors (Lipinski definition) is 2. The van der Waals surface area contributed by atoms with Crippen molar-refractivity contribution >= 4 is 5.97 Å². The number of rotatable bonds is 6. The van der Waals surface area contributed by atoms with Crippen molar-refractivity contribution in [3.05, 3.63) is 11.6 Å². The quantitative estimate of drug-likeness (QED) is 0.489. The van der Waals surface area contributed by atoms with Crippen LogP contribution < -0.4 is 0 Å². The maximum Gasteiger partial charge on any atom is 0.306 e. The van der Waals surface area contributed by atoms with Gasteiger partial charge in [0.2, 0.25) is 0 Å². The van der Waals surface area contributed by atoms with Crippen molar-refractivity contribution in [2.24, 2.45) is 46.3 Å². The van der Waals surface area contributed by atoms with Gasteiger partial charge in [-0.1, -0.05) is 52.2 Å². The molecule has 0 aromatic heterocycles. The second kappa shape index (κ2) is 8.26. The predicted molar refractivity (Wildman–Crippen MR) is 121 cm³/mol. The summed E-state index contributed by atoms with van der Waals surface area (Å²) in [6.07, 6.45) is 15.3. The Kier molecular flexibility index (Phi) is 6.16. The Morgan fingerprint density at radius 3 is 2.50 bits per heavy atom. The van der Waals surface area contributed by atoms with Gasteiger partial charge in [-0.05, 0) is 98.2 Å². The van der Waals surface area contributed by atoms with Crippen molar-refractivity contribution in [1.29, 1.82) is 0 Å². The molecule has 0 bridgehead atoms. The normalized spacial score (nSPS) is 45.0. The number of carbonyl (C=O) groups is 1. The van der Waals surface area contributed by atoms with E-state index in [4.69, 9.17) is 5.11 Å². The minimum absolute atomic E-state index is 0.0764. The van der Waals surface area contributed by atoms with Crippen LogP contribution in [0.3, 0.4) is 0 Å². The number of fused-ring (bicyclic) bond motifs is 5. The van der Waals surface area contributed by atoms with Gasteiger partial charge < -0.3 is 10.2 Å². The molecule has 3 nitrogen and oxygen atoms in total. The summed E-state index contributed by atoms with van der Waals surface area (Å²) < 4.78 is 0. The number of aliphatic hydroxyl groups excluding tert-OH is 1. The minimum atomic E-state index is -0.653. The molecule has 170 valence electrons. The van der Waals surface area contributed by atoms with Crippen molar-refractivity contribution in [1.82, 2.24) is 0 Å². The summed E-state index contributed by atoms with van der Waals surface area (Å²) in [6, 6.07) is 0. The number of aliphatic hydroxyl groups is 1. The first-order valence-electron chi connectivity index (χ1n) is 12.8. The SMILES string of the molecule is CC(CCCC(C)C1CCC2C3=CCC4CC(O)CCC4(C)C3CCC21C)C(=O)O. The lowest BCUT2D eigenvalue weighted by molar-refractivity contribution is -0.141. The molecule has 0 saturated heterocycles. The van der Waals surface area contributed by atoms with Gasteiger partial charge in [-0.15, -0.1) is 0 Å². The summed E-state index contributed by atoms with van der Waals surface area (Å²) in [6.45, 7) is 9.41. The summed E-state index contributed by atoms with van der Waals surface area (Å²) in [4.78, 5) is 11.1. The highest BCUT2D eigenvalue weighted by molar-refractivity contribution is 5.69. The molecule has 0 aromatic rings. The fourth-order valence-corrected chi connectivity index (χ4v) is 8.54. The fourth-order valence-electron chi connectivity index (χ4n) is 8.54. The van der Waals surface area contributed by atoms with Gasteiger partial charge in [0.15, 0.2) is 0 Å². The standard InChI is InChI=1S/C27H44O3/c1-17(6-5-7-18(2)25(29)30)22-10-11-23-21-9-8-19-16-20(28)12-14-26(19,3)24(21)13-15-27(22,23)4/h9,17-20,22-24,28H,5-8,10-16H2,1-4H3,(H,29,30). The Labute approximate surface area is 183 Å². The summed E-state index contributed by atoms with van der Waals surface area (Å²) in [5, 5.41) is 19.4. The molecule has 2 N–H and O–H groups in total. The van der Waals surface area contributed by atoms with Crippen LogP contribution in [0.2, 0.25) is 0 Å². The molecule has 0 amide bonds. The summed E-state index contributed by atoms with van der Waals surface area (Å²) in [7, 11) is 0. The molecule has 9 atom stereocenters. The zero-order valence-electron chi connectivity index (χ0n) is 19.7. The third-order valence-corrected chi connectivity index (χ3v) is 10.5. The van der Waals surface area contributed by atoms with Gasteiger partial charge >= 0.3 is 5.97 Å². The topological polar surface area (TPSA) is 57.5 Å². The maximum atomic E-state index is 11.1. The fraction of sp³-hybridized carbons (Fsp3) is 0.889. The van der Waals surface area contributed by atoms with Crippen LogP contribution in [-0.4, -0.2) is 22.3 Å². The molecule has 4 aliphatic carbocycles. The number of allylic oxidation sites excluding steroid dienone is 2. The lowest BCUT2D eigenvalue weighted by Gasteiger charge is -2.57. The predicted octanol–water partition coefficient (Wildman–Crippen LogP) is 6.45. The van der Waals surface area contributed by atoms with Crippen LogP contribution in [0.4, 0.5) is 0 Å². The van der Waals surface area contributed by atoms with Crippen molar-refractivity contribution in [2.75, 3.05) is 0 Å². The minimum Gasteiger partial charge on any atom is -0.481 e. The van der Waals surface area contributed by atoms with Gasteiger partial charge in [-0.2, -0.15) is 0 Å². The van der Waals surface area contributed by atoms with Gasteiger partial charge in [-0.25, -0.2) is 0 Å². The van der Waals surface area contributed by atoms with E-state index in [0.717, 1.165) is 43.4 Å². The van der Waals surface area contributed by atoms with E-state index in [1.165, 1.54) is 44.9 Å². The van der Waals surface area contributed by atoms with Crippen molar-refractivity contribution in [3.63, 3.8) is 0 Å². The molecule has 30 heavy (non-hydrogen) atoms. The largest absolute Gasteiger partial charge is 0.481 e. The van der Waals surface area contributed by atoms with Crippen LogP contribution in [0.1, 0.15) is 98.3 Å². The average molecular weight is 417 g/mol. The van der Waals surface area contributed by atoms with Crippen LogP contribution >= 0.6 is 0 Å².